The second-order valence-electron chi connectivity index (χ2n) is 6.69. The Morgan fingerprint density at radius 1 is 1.24 bits per heavy atom. The molecule has 0 unspecified atom stereocenters. The number of amidine groups is 1. The highest BCUT2D eigenvalue weighted by molar-refractivity contribution is 6.16. The first-order chi connectivity index (χ1) is 12.2. The van der Waals surface area contributed by atoms with E-state index >= 15 is 0 Å². The predicted octanol–water partition coefficient (Wildman–Crippen LogP) is 2.98. The van der Waals surface area contributed by atoms with Gasteiger partial charge in [0.1, 0.15) is 5.84 Å². The van der Waals surface area contributed by atoms with Gasteiger partial charge in [-0.05, 0) is 36.6 Å². The highest BCUT2D eigenvalue weighted by Gasteiger charge is 2.33. The molecule has 0 spiro atoms. The van der Waals surface area contributed by atoms with Crippen LogP contribution in [0.3, 0.4) is 0 Å². The minimum absolute atomic E-state index is 0.877. The van der Waals surface area contributed by atoms with Crippen LogP contribution in [0.5, 0.6) is 0 Å². The van der Waals surface area contributed by atoms with E-state index in [4.69, 9.17) is 9.98 Å². The molecule has 0 bridgehead atoms. The third kappa shape index (κ3) is 2.78. The van der Waals surface area contributed by atoms with Crippen LogP contribution < -0.4 is 5.32 Å². The predicted molar refractivity (Wildman–Crippen MR) is 104 cm³/mol. The standard InChI is InChI=1S/C20H25N5/c1-4-15-6-7-18-17(12-15)19-22-14(3)16(5-2)13-25(19)20(23-18)24-10-8-21-9-11-24/h4,6-7,12,21H,1,5,8-11,13H2,2-3H3. The molecular formula is C20H25N5. The molecule has 3 heterocycles. The van der Waals surface area contributed by atoms with Crippen molar-refractivity contribution >= 4 is 23.6 Å². The highest BCUT2D eigenvalue weighted by atomic mass is 15.4. The third-order valence-electron chi connectivity index (χ3n) is 5.18. The molecule has 5 heteroatoms. The summed E-state index contributed by atoms with van der Waals surface area (Å²) in [7, 11) is 0. The molecule has 0 amide bonds. The lowest BCUT2D eigenvalue weighted by Gasteiger charge is -2.41. The smallest absolute Gasteiger partial charge is 0.208 e. The summed E-state index contributed by atoms with van der Waals surface area (Å²) in [5.41, 5.74) is 5.73. The van der Waals surface area contributed by atoms with Crippen molar-refractivity contribution in [3.05, 3.63) is 47.2 Å². The molecule has 1 aromatic carbocycles. The average molecular weight is 335 g/mol. The molecule has 1 N–H and O–H groups in total. The minimum atomic E-state index is 0.877. The Hall–Kier alpha value is -2.40. The first-order valence-corrected chi connectivity index (χ1v) is 9.07. The van der Waals surface area contributed by atoms with E-state index in [2.05, 4.69) is 53.7 Å². The van der Waals surface area contributed by atoms with Gasteiger partial charge in [0.25, 0.3) is 0 Å². The Morgan fingerprint density at radius 2 is 2.04 bits per heavy atom. The Labute approximate surface area is 149 Å². The van der Waals surface area contributed by atoms with Crippen molar-refractivity contribution in [2.45, 2.75) is 20.3 Å². The summed E-state index contributed by atoms with van der Waals surface area (Å²) >= 11 is 0. The Kier molecular flexibility index (Phi) is 4.17. The van der Waals surface area contributed by atoms with Gasteiger partial charge < -0.3 is 10.2 Å². The fraction of sp³-hybridized carbons (Fsp3) is 0.400. The van der Waals surface area contributed by atoms with Gasteiger partial charge in [-0.1, -0.05) is 25.6 Å². The van der Waals surface area contributed by atoms with Crippen LogP contribution in [-0.4, -0.2) is 54.3 Å². The molecular weight excluding hydrogens is 310 g/mol. The maximum Gasteiger partial charge on any atom is 0.208 e. The van der Waals surface area contributed by atoms with Gasteiger partial charge in [-0.15, -0.1) is 0 Å². The monoisotopic (exact) mass is 335 g/mol. The number of hydrogen-bond donors (Lipinski definition) is 1. The van der Waals surface area contributed by atoms with Crippen LogP contribution >= 0.6 is 0 Å². The van der Waals surface area contributed by atoms with E-state index in [1.54, 1.807) is 0 Å². The van der Waals surface area contributed by atoms with Crippen molar-refractivity contribution in [3.8, 4) is 0 Å². The molecule has 25 heavy (non-hydrogen) atoms. The van der Waals surface area contributed by atoms with Gasteiger partial charge >= 0.3 is 0 Å². The number of benzene rings is 1. The summed E-state index contributed by atoms with van der Waals surface area (Å²) < 4.78 is 0. The number of guanidine groups is 1. The van der Waals surface area contributed by atoms with Crippen molar-refractivity contribution in [1.29, 1.82) is 0 Å². The maximum atomic E-state index is 5.03. The lowest BCUT2D eigenvalue weighted by Crippen LogP contribution is -2.55. The average Bonchev–Trinajstić information content (AvgIpc) is 2.67. The van der Waals surface area contributed by atoms with Gasteiger partial charge in [-0.2, -0.15) is 0 Å². The first kappa shape index (κ1) is 16.1. The summed E-state index contributed by atoms with van der Waals surface area (Å²) in [6.45, 7) is 13.1. The molecule has 1 aromatic rings. The summed E-state index contributed by atoms with van der Waals surface area (Å²) in [6.07, 6.45) is 2.90. The van der Waals surface area contributed by atoms with Crippen LogP contribution in [0.15, 0.2) is 46.0 Å². The van der Waals surface area contributed by atoms with Gasteiger partial charge in [-0.3, -0.25) is 4.90 Å². The zero-order chi connectivity index (χ0) is 17.4. The number of hydrogen-bond acceptors (Lipinski definition) is 5. The fourth-order valence-corrected chi connectivity index (χ4v) is 3.65. The van der Waals surface area contributed by atoms with Crippen LogP contribution in [-0.2, 0) is 0 Å². The second-order valence-corrected chi connectivity index (χ2v) is 6.69. The van der Waals surface area contributed by atoms with Crippen LogP contribution in [0.2, 0.25) is 0 Å². The molecule has 0 aromatic heterocycles. The number of nitrogens with zero attached hydrogens (tertiary/aromatic N) is 4. The molecule has 5 nitrogen and oxygen atoms in total. The van der Waals surface area contributed by atoms with E-state index in [-0.39, 0.29) is 0 Å². The lowest BCUT2D eigenvalue weighted by molar-refractivity contribution is 0.326. The van der Waals surface area contributed by atoms with E-state index in [1.165, 1.54) is 5.57 Å². The Bertz CT molecular complexity index is 796. The number of fused-ring (bicyclic) bond motifs is 3. The minimum Gasteiger partial charge on any atom is -0.340 e. The number of nitrogens with one attached hydrogen (secondary N) is 1. The Morgan fingerprint density at radius 3 is 2.76 bits per heavy atom. The summed E-state index contributed by atoms with van der Waals surface area (Å²) in [5.74, 6) is 2.06. The molecule has 0 atom stereocenters. The molecule has 130 valence electrons. The Balaban J connectivity index is 1.85. The lowest BCUT2D eigenvalue weighted by atomic mass is 10.0. The zero-order valence-corrected chi connectivity index (χ0v) is 15.0. The van der Waals surface area contributed by atoms with E-state index in [0.717, 1.165) is 73.5 Å². The SMILES string of the molecule is C=Cc1ccc2c(c1)C1=NC(C)=C(CC)CN1C(N1CCNCC1)=N2. The number of allylic oxidation sites excluding steroid dienone is 1. The van der Waals surface area contributed by atoms with Gasteiger partial charge in [0.15, 0.2) is 0 Å². The third-order valence-corrected chi connectivity index (χ3v) is 5.18. The fourth-order valence-electron chi connectivity index (χ4n) is 3.65. The van der Waals surface area contributed by atoms with Gasteiger partial charge in [0, 0.05) is 37.4 Å². The summed E-state index contributed by atoms with van der Waals surface area (Å²) in [6, 6.07) is 6.31. The first-order valence-electron chi connectivity index (χ1n) is 9.07. The zero-order valence-electron chi connectivity index (χ0n) is 15.0. The summed E-state index contributed by atoms with van der Waals surface area (Å²) in [4.78, 5) is 14.7. The van der Waals surface area contributed by atoms with E-state index in [0.29, 0.717) is 0 Å². The summed E-state index contributed by atoms with van der Waals surface area (Å²) in [5, 5.41) is 3.42. The van der Waals surface area contributed by atoms with Crippen LogP contribution in [0.1, 0.15) is 31.4 Å². The van der Waals surface area contributed by atoms with E-state index in [9.17, 15) is 0 Å². The molecule has 3 aliphatic rings. The van der Waals surface area contributed by atoms with Crippen LogP contribution in [0.4, 0.5) is 5.69 Å². The molecule has 0 aliphatic carbocycles. The van der Waals surface area contributed by atoms with E-state index in [1.807, 2.05) is 6.08 Å². The largest absolute Gasteiger partial charge is 0.340 e. The van der Waals surface area contributed by atoms with Crippen LogP contribution in [0.25, 0.3) is 6.08 Å². The van der Waals surface area contributed by atoms with Crippen LogP contribution in [0, 0.1) is 0 Å². The number of aliphatic imine (C=N–C) groups is 2. The normalized spacial score (nSPS) is 19.9. The van der Waals surface area contributed by atoms with Crippen molar-refractivity contribution in [2.24, 2.45) is 9.98 Å². The molecule has 1 fully saturated rings. The maximum absolute atomic E-state index is 5.03. The molecule has 4 rings (SSSR count). The van der Waals surface area contributed by atoms with Crippen molar-refractivity contribution < 1.29 is 0 Å². The van der Waals surface area contributed by atoms with Crippen molar-refractivity contribution in [1.82, 2.24) is 15.1 Å². The highest BCUT2D eigenvalue weighted by Crippen LogP contribution is 2.33. The van der Waals surface area contributed by atoms with Gasteiger partial charge in [0.2, 0.25) is 5.96 Å². The molecule has 1 saturated heterocycles. The van der Waals surface area contributed by atoms with Crippen molar-refractivity contribution in [2.75, 3.05) is 32.7 Å². The van der Waals surface area contributed by atoms with Gasteiger partial charge in [-0.25, -0.2) is 9.98 Å². The molecule has 3 aliphatic heterocycles. The topological polar surface area (TPSA) is 43.2 Å². The molecule has 0 saturated carbocycles. The van der Waals surface area contributed by atoms with Crippen molar-refractivity contribution in [3.63, 3.8) is 0 Å². The quantitative estimate of drug-likeness (QED) is 0.903. The second kappa shape index (κ2) is 6.48. The van der Waals surface area contributed by atoms with Gasteiger partial charge in [0.05, 0.1) is 12.2 Å². The molecule has 0 radical (unpaired) electrons. The van der Waals surface area contributed by atoms with E-state index < -0.39 is 0 Å². The number of piperazine rings is 1. The number of rotatable bonds is 2.